The largest absolute Gasteiger partial charge is 0.364 e. The first-order valence-corrected chi connectivity index (χ1v) is 9.88. The lowest BCUT2D eigenvalue weighted by Gasteiger charge is -2.21. The first-order chi connectivity index (χ1) is 14.8. The van der Waals surface area contributed by atoms with Crippen LogP contribution in [-0.4, -0.2) is 33.0 Å². The highest BCUT2D eigenvalue weighted by Crippen LogP contribution is 2.33. The smallest absolute Gasteiger partial charge is 0.138 e. The lowest BCUT2D eigenvalue weighted by molar-refractivity contribution is 0.957. The molecule has 0 radical (unpaired) electrons. The summed E-state index contributed by atoms with van der Waals surface area (Å²) in [7, 11) is 0. The van der Waals surface area contributed by atoms with E-state index in [0.717, 1.165) is 63.0 Å². The summed E-state index contributed by atoms with van der Waals surface area (Å²) in [5.74, 6) is 0.831. The number of benzene rings is 2. The van der Waals surface area contributed by atoms with Gasteiger partial charge in [0.15, 0.2) is 0 Å². The molecule has 0 fully saturated rings. The number of rotatable bonds is 6. The molecule has 5 aromatic rings. The van der Waals surface area contributed by atoms with Crippen LogP contribution in [0.4, 0.5) is 5.69 Å². The van der Waals surface area contributed by atoms with Crippen LogP contribution in [-0.2, 0) is 0 Å². The maximum absolute atomic E-state index is 4.94. The van der Waals surface area contributed by atoms with Gasteiger partial charge in [-0.15, -0.1) is 13.2 Å². The molecular formula is C25H21N5. The Kier molecular flexibility index (Phi) is 4.48. The molecule has 0 aliphatic heterocycles. The van der Waals surface area contributed by atoms with Crippen LogP contribution >= 0.6 is 0 Å². The Bertz CT molecular complexity index is 1300. The normalized spacial score (nSPS) is 11.2. The number of hydrogen-bond acceptors (Lipinski definition) is 4. The molecule has 0 atom stereocenters. The van der Waals surface area contributed by atoms with Gasteiger partial charge in [-0.1, -0.05) is 12.2 Å². The summed E-state index contributed by atoms with van der Waals surface area (Å²) < 4.78 is 0. The second kappa shape index (κ2) is 7.44. The minimum atomic E-state index is 0.772. The number of H-pyrrole nitrogens is 1. The van der Waals surface area contributed by atoms with Crippen molar-refractivity contribution < 1.29 is 0 Å². The monoisotopic (exact) mass is 391 g/mol. The van der Waals surface area contributed by atoms with Crippen LogP contribution in [0.3, 0.4) is 0 Å². The van der Waals surface area contributed by atoms with E-state index in [9.17, 15) is 0 Å². The highest BCUT2D eigenvalue weighted by atomic mass is 15.1. The highest BCUT2D eigenvalue weighted by molar-refractivity contribution is 6.21. The summed E-state index contributed by atoms with van der Waals surface area (Å²) in [4.78, 5) is 19.8. The van der Waals surface area contributed by atoms with Crippen LogP contribution in [0.5, 0.6) is 0 Å². The van der Waals surface area contributed by atoms with Gasteiger partial charge in [-0.2, -0.15) is 0 Å². The Morgan fingerprint density at radius 1 is 0.800 bits per heavy atom. The fourth-order valence-electron chi connectivity index (χ4n) is 3.91. The first-order valence-electron chi connectivity index (χ1n) is 9.88. The molecule has 3 heterocycles. The lowest BCUT2D eigenvalue weighted by atomic mass is 10.1. The molecule has 0 amide bonds. The fourth-order valence-corrected chi connectivity index (χ4v) is 3.91. The molecule has 5 nitrogen and oxygen atoms in total. The third-order valence-corrected chi connectivity index (χ3v) is 5.27. The molecule has 1 N–H and O–H groups in total. The molecule has 0 aliphatic rings. The highest BCUT2D eigenvalue weighted by Gasteiger charge is 2.15. The van der Waals surface area contributed by atoms with E-state index in [0.29, 0.717) is 0 Å². The van der Waals surface area contributed by atoms with Crippen LogP contribution in [0, 0.1) is 0 Å². The van der Waals surface area contributed by atoms with Gasteiger partial charge in [0.1, 0.15) is 5.82 Å². The molecule has 30 heavy (non-hydrogen) atoms. The van der Waals surface area contributed by atoms with Gasteiger partial charge >= 0.3 is 0 Å². The van der Waals surface area contributed by atoms with Gasteiger partial charge in [0.2, 0.25) is 0 Å². The molecule has 5 heteroatoms. The zero-order chi connectivity index (χ0) is 20.5. The van der Waals surface area contributed by atoms with E-state index in [2.05, 4.69) is 69.4 Å². The van der Waals surface area contributed by atoms with E-state index in [1.54, 1.807) is 12.4 Å². The quantitative estimate of drug-likeness (QED) is 0.306. The molecule has 0 saturated carbocycles. The maximum Gasteiger partial charge on any atom is 0.138 e. The van der Waals surface area contributed by atoms with Crippen LogP contribution < -0.4 is 4.90 Å². The second-order valence-electron chi connectivity index (χ2n) is 7.14. The summed E-state index contributed by atoms with van der Waals surface area (Å²) in [6, 6.07) is 16.4. The maximum atomic E-state index is 4.94. The standard InChI is InChI=1S/C25H21N5/c1-3-15-30(16-4-2)18-11-9-17(10-12-18)25-28-23-19-7-5-13-26-21(19)22-20(24(23)29-25)8-6-14-27-22/h3-14H,1-2,15-16H2,(H,28,29). The SMILES string of the molecule is C=CCN(CC=C)c1ccc(-c2nc3c4cccnc4c4ncccc4c3[nH]2)cc1. The molecular weight excluding hydrogens is 370 g/mol. The third-order valence-electron chi connectivity index (χ3n) is 5.27. The molecule has 0 saturated heterocycles. The van der Waals surface area contributed by atoms with Crippen molar-refractivity contribution in [1.82, 2.24) is 19.9 Å². The van der Waals surface area contributed by atoms with E-state index < -0.39 is 0 Å². The van der Waals surface area contributed by atoms with Crippen LogP contribution in [0.2, 0.25) is 0 Å². The van der Waals surface area contributed by atoms with Gasteiger partial charge < -0.3 is 9.88 Å². The number of imidazole rings is 1. The van der Waals surface area contributed by atoms with Gasteiger partial charge in [-0.3, -0.25) is 9.97 Å². The number of aromatic amines is 1. The van der Waals surface area contributed by atoms with Crippen molar-refractivity contribution >= 4 is 38.5 Å². The van der Waals surface area contributed by atoms with E-state index in [1.165, 1.54) is 0 Å². The van der Waals surface area contributed by atoms with Crippen molar-refractivity contribution in [2.75, 3.05) is 18.0 Å². The summed E-state index contributed by atoms with van der Waals surface area (Å²) in [6.45, 7) is 9.24. The predicted octanol–water partition coefficient (Wildman–Crippen LogP) is 5.50. The summed E-state index contributed by atoms with van der Waals surface area (Å²) in [6.07, 6.45) is 7.40. The number of aromatic nitrogens is 4. The number of nitrogens with zero attached hydrogens (tertiary/aromatic N) is 4. The van der Waals surface area contributed by atoms with Crippen molar-refractivity contribution in [3.8, 4) is 11.4 Å². The van der Waals surface area contributed by atoms with E-state index in [-0.39, 0.29) is 0 Å². The number of pyridine rings is 2. The fraction of sp³-hybridized carbons (Fsp3) is 0.0800. The second-order valence-corrected chi connectivity index (χ2v) is 7.14. The van der Waals surface area contributed by atoms with Crippen molar-refractivity contribution in [2.45, 2.75) is 0 Å². The van der Waals surface area contributed by atoms with Gasteiger partial charge in [0.25, 0.3) is 0 Å². The Hall–Kier alpha value is -3.99. The Labute approximate surface area is 174 Å². The van der Waals surface area contributed by atoms with Gasteiger partial charge in [0, 0.05) is 47.5 Å². The van der Waals surface area contributed by atoms with Gasteiger partial charge in [-0.25, -0.2) is 4.98 Å². The van der Waals surface area contributed by atoms with Crippen LogP contribution in [0.15, 0.2) is 86.2 Å². The molecule has 0 bridgehead atoms. The summed E-state index contributed by atoms with van der Waals surface area (Å²) in [5.41, 5.74) is 5.81. The summed E-state index contributed by atoms with van der Waals surface area (Å²) >= 11 is 0. The average Bonchev–Trinajstić information content (AvgIpc) is 3.25. The van der Waals surface area contributed by atoms with E-state index in [4.69, 9.17) is 4.98 Å². The molecule has 3 aromatic heterocycles. The number of anilines is 1. The van der Waals surface area contributed by atoms with Crippen molar-refractivity contribution in [3.05, 3.63) is 86.2 Å². The molecule has 0 unspecified atom stereocenters. The average molecular weight is 391 g/mol. The predicted molar refractivity (Wildman–Crippen MR) is 125 cm³/mol. The number of nitrogens with one attached hydrogen (secondary N) is 1. The molecule has 146 valence electrons. The van der Waals surface area contributed by atoms with Crippen LogP contribution in [0.1, 0.15) is 0 Å². The zero-order valence-corrected chi connectivity index (χ0v) is 16.5. The lowest BCUT2D eigenvalue weighted by Crippen LogP contribution is -2.22. The van der Waals surface area contributed by atoms with Crippen molar-refractivity contribution in [2.24, 2.45) is 0 Å². The Morgan fingerprint density at radius 2 is 1.43 bits per heavy atom. The summed E-state index contributed by atoms with van der Waals surface area (Å²) in [5, 5.41) is 2.03. The van der Waals surface area contributed by atoms with Crippen molar-refractivity contribution in [3.63, 3.8) is 0 Å². The number of fused-ring (bicyclic) bond motifs is 6. The zero-order valence-electron chi connectivity index (χ0n) is 16.5. The minimum Gasteiger partial charge on any atom is -0.364 e. The van der Waals surface area contributed by atoms with Gasteiger partial charge in [-0.05, 0) is 48.5 Å². The third kappa shape index (κ3) is 2.92. The molecule has 0 spiro atoms. The van der Waals surface area contributed by atoms with E-state index >= 15 is 0 Å². The van der Waals surface area contributed by atoms with E-state index in [1.807, 2.05) is 24.3 Å². The minimum absolute atomic E-state index is 0.772. The molecule has 0 aliphatic carbocycles. The topological polar surface area (TPSA) is 57.7 Å². The number of hydrogen-bond donors (Lipinski definition) is 1. The Morgan fingerprint density at radius 3 is 2.10 bits per heavy atom. The van der Waals surface area contributed by atoms with Crippen LogP contribution in [0.25, 0.3) is 44.2 Å². The molecule has 2 aromatic carbocycles. The first kappa shape index (κ1) is 18.1. The molecule has 5 rings (SSSR count). The van der Waals surface area contributed by atoms with Crippen molar-refractivity contribution in [1.29, 1.82) is 0 Å². The Balaban J connectivity index is 1.65. The van der Waals surface area contributed by atoms with Gasteiger partial charge in [0.05, 0.1) is 22.1 Å².